The zero-order chi connectivity index (χ0) is 13.4. The number of aliphatic hydroxyl groups excluding tert-OH is 1. The third-order valence-electron chi connectivity index (χ3n) is 3.12. The Morgan fingerprint density at radius 1 is 1.11 bits per heavy atom. The van der Waals surface area contributed by atoms with E-state index in [4.69, 9.17) is 16.0 Å². The van der Waals surface area contributed by atoms with Crippen molar-refractivity contribution in [3.8, 4) is 11.1 Å². The van der Waals surface area contributed by atoms with Gasteiger partial charge < -0.3 is 9.52 Å². The van der Waals surface area contributed by atoms with Crippen LogP contribution in [0, 0.1) is 0 Å². The van der Waals surface area contributed by atoms with Crippen LogP contribution in [0.15, 0.2) is 52.9 Å². The Morgan fingerprint density at radius 2 is 1.84 bits per heavy atom. The molecule has 0 aliphatic rings. The highest BCUT2D eigenvalue weighted by atomic mass is 35.5. The van der Waals surface area contributed by atoms with E-state index in [9.17, 15) is 5.11 Å². The van der Waals surface area contributed by atoms with E-state index in [0.717, 1.165) is 22.1 Å². The second kappa shape index (κ2) is 4.72. The molecule has 1 aromatic heterocycles. The van der Waals surface area contributed by atoms with Gasteiger partial charge in [-0.1, -0.05) is 41.9 Å². The van der Waals surface area contributed by atoms with Crippen molar-refractivity contribution in [3.63, 3.8) is 0 Å². The fraction of sp³-hybridized carbons (Fsp3) is 0.125. The van der Waals surface area contributed by atoms with Gasteiger partial charge in [0.25, 0.3) is 0 Å². The molecule has 19 heavy (non-hydrogen) atoms. The van der Waals surface area contributed by atoms with E-state index in [1.165, 1.54) is 0 Å². The molecule has 2 nitrogen and oxygen atoms in total. The summed E-state index contributed by atoms with van der Waals surface area (Å²) in [6, 6.07) is 15.4. The van der Waals surface area contributed by atoms with E-state index in [0.29, 0.717) is 10.8 Å². The molecule has 3 rings (SSSR count). The molecule has 0 saturated carbocycles. The Hall–Kier alpha value is -1.77. The lowest BCUT2D eigenvalue weighted by atomic mass is 10.0. The number of aliphatic hydroxyl groups is 1. The number of benzene rings is 2. The van der Waals surface area contributed by atoms with Crippen LogP contribution < -0.4 is 0 Å². The van der Waals surface area contributed by atoms with Gasteiger partial charge in [0.1, 0.15) is 17.4 Å². The number of halogens is 1. The van der Waals surface area contributed by atoms with Gasteiger partial charge in [0, 0.05) is 16.0 Å². The first-order valence-electron chi connectivity index (χ1n) is 6.12. The van der Waals surface area contributed by atoms with E-state index in [-0.39, 0.29) is 0 Å². The molecule has 3 aromatic rings. The first-order chi connectivity index (χ1) is 9.16. The summed E-state index contributed by atoms with van der Waals surface area (Å²) in [6.45, 7) is 1.70. The van der Waals surface area contributed by atoms with E-state index >= 15 is 0 Å². The Morgan fingerprint density at radius 3 is 2.53 bits per heavy atom. The van der Waals surface area contributed by atoms with Gasteiger partial charge in [0.2, 0.25) is 0 Å². The first kappa shape index (κ1) is 12.3. The van der Waals surface area contributed by atoms with Crippen molar-refractivity contribution in [2.45, 2.75) is 13.0 Å². The number of rotatable bonds is 2. The minimum Gasteiger partial charge on any atom is -0.458 e. The normalized spacial score (nSPS) is 12.8. The lowest BCUT2D eigenvalue weighted by molar-refractivity contribution is 0.173. The minimum atomic E-state index is -0.665. The molecule has 3 heteroatoms. The Labute approximate surface area is 116 Å². The van der Waals surface area contributed by atoms with Crippen molar-refractivity contribution in [1.29, 1.82) is 0 Å². The largest absolute Gasteiger partial charge is 0.458 e. The second-order valence-corrected chi connectivity index (χ2v) is 4.96. The molecule has 0 fully saturated rings. The van der Waals surface area contributed by atoms with E-state index in [2.05, 4.69) is 0 Å². The quantitative estimate of drug-likeness (QED) is 0.726. The lowest BCUT2D eigenvalue weighted by Gasteiger charge is -2.05. The summed E-state index contributed by atoms with van der Waals surface area (Å²) in [7, 11) is 0. The molecule has 0 aliphatic carbocycles. The van der Waals surface area contributed by atoms with Crippen molar-refractivity contribution >= 4 is 22.6 Å². The maximum atomic E-state index is 9.91. The van der Waals surface area contributed by atoms with Crippen LogP contribution in [0.5, 0.6) is 0 Å². The molecule has 2 aromatic carbocycles. The fourth-order valence-electron chi connectivity index (χ4n) is 2.29. The summed E-state index contributed by atoms with van der Waals surface area (Å²) in [6.07, 6.45) is -0.665. The summed E-state index contributed by atoms with van der Waals surface area (Å²) in [5.74, 6) is 0.573. The van der Waals surface area contributed by atoms with Gasteiger partial charge in [-0.15, -0.1) is 0 Å². The van der Waals surface area contributed by atoms with Crippen molar-refractivity contribution in [1.82, 2.24) is 0 Å². The zero-order valence-corrected chi connectivity index (χ0v) is 11.2. The predicted octanol–water partition coefficient (Wildman–Crippen LogP) is 4.81. The molecule has 1 N–H and O–H groups in total. The lowest BCUT2D eigenvalue weighted by Crippen LogP contribution is -1.90. The van der Waals surface area contributed by atoms with Crippen LogP contribution >= 0.6 is 11.6 Å². The molecule has 0 saturated heterocycles. The van der Waals surface area contributed by atoms with Crippen LogP contribution in [-0.4, -0.2) is 5.11 Å². The number of furan rings is 1. The molecule has 0 radical (unpaired) electrons. The molecular formula is C16H13ClO2. The van der Waals surface area contributed by atoms with Crippen molar-refractivity contribution in [2.75, 3.05) is 0 Å². The van der Waals surface area contributed by atoms with Crippen molar-refractivity contribution < 1.29 is 9.52 Å². The minimum absolute atomic E-state index is 0.573. The van der Waals surface area contributed by atoms with Crippen LogP contribution in [0.2, 0.25) is 5.02 Å². The summed E-state index contributed by atoms with van der Waals surface area (Å²) >= 11 is 6.06. The summed E-state index contributed by atoms with van der Waals surface area (Å²) in [5, 5.41) is 11.5. The van der Waals surface area contributed by atoms with Gasteiger partial charge in [-0.2, -0.15) is 0 Å². The molecule has 96 valence electrons. The number of hydrogen-bond donors (Lipinski definition) is 1. The van der Waals surface area contributed by atoms with E-state index in [1.807, 2.05) is 42.5 Å². The van der Waals surface area contributed by atoms with Crippen LogP contribution in [0.25, 0.3) is 22.1 Å². The van der Waals surface area contributed by atoms with Gasteiger partial charge in [-0.3, -0.25) is 0 Å². The van der Waals surface area contributed by atoms with E-state index < -0.39 is 6.10 Å². The van der Waals surface area contributed by atoms with Crippen LogP contribution in [0.1, 0.15) is 18.8 Å². The first-order valence-corrected chi connectivity index (χ1v) is 6.50. The van der Waals surface area contributed by atoms with Crippen molar-refractivity contribution in [3.05, 3.63) is 59.3 Å². The van der Waals surface area contributed by atoms with Crippen LogP contribution in [0.4, 0.5) is 0 Å². The average molecular weight is 273 g/mol. The highest BCUT2D eigenvalue weighted by Crippen LogP contribution is 2.38. The highest BCUT2D eigenvalue weighted by molar-refractivity contribution is 6.31. The summed E-state index contributed by atoms with van der Waals surface area (Å²) < 4.78 is 5.76. The Bertz CT molecular complexity index is 714. The Kier molecular flexibility index (Phi) is 3.05. The standard InChI is InChI=1S/C16H13ClO2/c1-10(18)16-15(11-5-3-2-4-6-11)13-9-12(17)7-8-14(13)19-16/h2-10,18H,1H3. The molecule has 1 unspecified atom stereocenters. The molecule has 0 aliphatic heterocycles. The topological polar surface area (TPSA) is 33.4 Å². The van der Waals surface area contributed by atoms with Crippen LogP contribution in [0.3, 0.4) is 0 Å². The molecule has 0 amide bonds. The molecular weight excluding hydrogens is 260 g/mol. The number of hydrogen-bond acceptors (Lipinski definition) is 2. The third-order valence-corrected chi connectivity index (χ3v) is 3.35. The van der Waals surface area contributed by atoms with Gasteiger partial charge in [0.15, 0.2) is 0 Å². The average Bonchev–Trinajstić information content (AvgIpc) is 2.78. The number of fused-ring (bicyclic) bond motifs is 1. The smallest absolute Gasteiger partial charge is 0.141 e. The molecule has 0 spiro atoms. The second-order valence-electron chi connectivity index (χ2n) is 4.52. The molecule has 0 bridgehead atoms. The molecule has 1 heterocycles. The maximum Gasteiger partial charge on any atom is 0.141 e. The molecule has 1 atom stereocenters. The summed E-state index contributed by atoms with van der Waals surface area (Å²) in [5.41, 5.74) is 2.66. The van der Waals surface area contributed by atoms with Crippen molar-refractivity contribution in [2.24, 2.45) is 0 Å². The van der Waals surface area contributed by atoms with Gasteiger partial charge in [-0.05, 0) is 30.7 Å². The van der Waals surface area contributed by atoms with Gasteiger partial charge in [-0.25, -0.2) is 0 Å². The predicted molar refractivity (Wildman–Crippen MR) is 77.3 cm³/mol. The third kappa shape index (κ3) is 2.14. The van der Waals surface area contributed by atoms with Gasteiger partial charge >= 0.3 is 0 Å². The summed E-state index contributed by atoms with van der Waals surface area (Å²) in [4.78, 5) is 0. The highest BCUT2D eigenvalue weighted by Gasteiger charge is 2.19. The Balaban J connectivity index is 2.36. The zero-order valence-electron chi connectivity index (χ0n) is 10.4. The maximum absolute atomic E-state index is 9.91. The van der Waals surface area contributed by atoms with Crippen LogP contribution in [-0.2, 0) is 0 Å². The van der Waals surface area contributed by atoms with Gasteiger partial charge in [0.05, 0.1) is 0 Å². The van der Waals surface area contributed by atoms with E-state index in [1.54, 1.807) is 13.0 Å². The SMILES string of the molecule is CC(O)c1oc2ccc(Cl)cc2c1-c1ccccc1. The monoisotopic (exact) mass is 272 g/mol. The fourth-order valence-corrected chi connectivity index (χ4v) is 2.46.